The van der Waals surface area contributed by atoms with Gasteiger partial charge in [-0.15, -0.1) is 24.0 Å². The van der Waals surface area contributed by atoms with Crippen LogP contribution < -0.4 is 20.1 Å². The van der Waals surface area contributed by atoms with Crippen molar-refractivity contribution in [2.75, 3.05) is 20.3 Å². The molecule has 2 aromatic carbocycles. The number of ether oxygens (including phenoxy) is 2. The number of aliphatic imine (C=N–C) groups is 1. The maximum absolute atomic E-state index is 5.73. The molecule has 0 spiro atoms. The summed E-state index contributed by atoms with van der Waals surface area (Å²) < 4.78 is 11.4. The van der Waals surface area contributed by atoms with Crippen LogP contribution in [0, 0.1) is 0 Å². The molecule has 1 aliphatic rings. The van der Waals surface area contributed by atoms with Gasteiger partial charge in [-0.1, -0.05) is 36.4 Å². The van der Waals surface area contributed by atoms with Crippen LogP contribution in [-0.2, 0) is 13.1 Å². The second-order valence-electron chi connectivity index (χ2n) is 5.60. The van der Waals surface area contributed by atoms with Crippen LogP contribution in [-0.4, -0.2) is 26.2 Å². The van der Waals surface area contributed by atoms with E-state index in [1.807, 2.05) is 36.4 Å². The van der Waals surface area contributed by atoms with Crippen LogP contribution >= 0.6 is 24.0 Å². The van der Waals surface area contributed by atoms with Crippen molar-refractivity contribution >= 4 is 29.9 Å². The third-order valence-corrected chi connectivity index (χ3v) is 3.80. The lowest BCUT2D eigenvalue weighted by Crippen LogP contribution is -2.36. The second kappa shape index (κ2) is 10.1. The molecule has 0 atom stereocenters. The summed E-state index contributed by atoms with van der Waals surface area (Å²) in [4.78, 5) is 4.26. The zero-order chi connectivity index (χ0) is 16.6. The number of halogens is 1. The van der Waals surface area contributed by atoms with Crippen LogP contribution in [0.4, 0.5) is 0 Å². The number of rotatable bonds is 4. The average molecular weight is 453 g/mol. The summed E-state index contributed by atoms with van der Waals surface area (Å²) in [6.45, 7) is 2.82. The highest BCUT2D eigenvalue weighted by atomic mass is 127. The maximum Gasteiger partial charge on any atom is 0.191 e. The van der Waals surface area contributed by atoms with E-state index in [-0.39, 0.29) is 24.0 Å². The van der Waals surface area contributed by atoms with E-state index < -0.39 is 0 Å². The van der Waals surface area contributed by atoms with Gasteiger partial charge >= 0.3 is 0 Å². The molecule has 2 N–H and O–H groups in total. The monoisotopic (exact) mass is 453 g/mol. The van der Waals surface area contributed by atoms with E-state index in [0.717, 1.165) is 36.0 Å². The fraction of sp³-hybridized carbons (Fsp3) is 0.316. The van der Waals surface area contributed by atoms with Crippen LogP contribution in [0.1, 0.15) is 17.5 Å². The van der Waals surface area contributed by atoms with E-state index in [2.05, 4.69) is 27.8 Å². The Kier molecular flexibility index (Phi) is 7.84. The lowest BCUT2D eigenvalue weighted by molar-refractivity contribution is 0.297. The van der Waals surface area contributed by atoms with Gasteiger partial charge in [-0.2, -0.15) is 0 Å². The molecule has 5 nitrogen and oxygen atoms in total. The Hall–Kier alpha value is -1.96. The van der Waals surface area contributed by atoms with Crippen LogP contribution in [0.5, 0.6) is 11.5 Å². The molecule has 0 bridgehead atoms. The summed E-state index contributed by atoms with van der Waals surface area (Å²) in [5.41, 5.74) is 2.35. The normalized spacial score (nSPS) is 13.4. The lowest BCUT2D eigenvalue weighted by Gasteiger charge is -2.13. The van der Waals surface area contributed by atoms with Crippen molar-refractivity contribution in [1.29, 1.82) is 0 Å². The molecule has 6 heteroatoms. The van der Waals surface area contributed by atoms with Crippen molar-refractivity contribution in [3.63, 3.8) is 0 Å². The van der Waals surface area contributed by atoms with Crippen molar-refractivity contribution in [3.05, 3.63) is 59.7 Å². The molecule has 25 heavy (non-hydrogen) atoms. The standard InChI is InChI=1S/C19H23N3O2.HI/c1-20-19(21-13-15-6-3-2-4-7-15)22-14-16-8-9-17-18(12-16)24-11-5-10-23-17;/h2-4,6-9,12H,5,10-11,13-14H2,1H3,(H2,20,21,22);1H. The van der Waals surface area contributed by atoms with Crippen molar-refractivity contribution in [3.8, 4) is 11.5 Å². The first kappa shape index (κ1) is 19.4. The summed E-state index contributed by atoms with van der Waals surface area (Å²) >= 11 is 0. The fourth-order valence-corrected chi connectivity index (χ4v) is 2.51. The fourth-order valence-electron chi connectivity index (χ4n) is 2.51. The Bertz CT molecular complexity index is 692. The number of hydrogen-bond acceptors (Lipinski definition) is 3. The minimum absolute atomic E-state index is 0. The van der Waals surface area contributed by atoms with Gasteiger partial charge in [-0.3, -0.25) is 4.99 Å². The quantitative estimate of drug-likeness (QED) is 0.424. The topological polar surface area (TPSA) is 54.9 Å². The van der Waals surface area contributed by atoms with Crippen LogP contribution in [0.3, 0.4) is 0 Å². The van der Waals surface area contributed by atoms with Crippen molar-refractivity contribution in [1.82, 2.24) is 10.6 Å². The smallest absolute Gasteiger partial charge is 0.191 e. The van der Waals surface area contributed by atoms with Gasteiger partial charge in [0.05, 0.1) is 13.2 Å². The van der Waals surface area contributed by atoms with Crippen LogP contribution in [0.25, 0.3) is 0 Å². The maximum atomic E-state index is 5.73. The van der Waals surface area contributed by atoms with Crippen LogP contribution in [0.15, 0.2) is 53.5 Å². The Morgan fingerprint density at radius 2 is 1.60 bits per heavy atom. The summed E-state index contributed by atoms with van der Waals surface area (Å²) in [6, 6.07) is 16.3. The van der Waals surface area contributed by atoms with Gasteiger partial charge in [0.1, 0.15) is 0 Å². The zero-order valence-corrected chi connectivity index (χ0v) is 16.7. The SMILES string of the molecule is CN=C(NCc1ccccc1)NCc1ccc2c(c1)OCCCO2.I. The van der Waals surface area contributed by atoms with E-state index >= 15 is 0 Å². The Morgan fingerprint density at radius 1 is 0.920 bits per heavy atom. The summed E-state index contributed by atoms with van der Waals surface area (Å²) in [6.07, 6.45) is 0.915. The largest absolute Gasteiger partial charge is 0.490 e. The number of benzene rings is 2. The van der Waals surface area contributed by atoms with Gasteiger partial charge in [0.15, 0.2) is 17.5 Å². The Balaban J connectivity index is 0.00000225. The van der Waals surface area contributed by atoms with E-state index in [0.29, 0.717) is 19.8 Å². The molecule has 2 aromatic rings. The molecule has 0 saturated heterocycles. The predicted molar refractivity (Wildman–Crippen MR) is 111 cm³/mol. The van der Waals surface area contributed by atoms with Crippen LogP contribution in [0.2, 0.25) is 0 Å². The molecule has 0 fully saturated rings. The van der Waals surface area contributed by atoms with E-state index in [1.165, 1.54) is 5.56 Å². The van der Waals surface area contributed by atoms with Gasteiger partial charge in [0.25, 0.3) is 0 Å². The number of nitrogens with zero attached hydrogens (tertiary/aromatic N) is 1. The highest BCUT2D eigenvalue weighted by Crippen LogP contribution is 2.30. The molecule has 0 saturated carbocycles. The zero-order valence-electron chi connectivity index (χ0n) is 14.3. The Labute approximate surface area is 165 Å². The van der Waals surface area contributed by atoms with Gasteiger partial charge < -0.3 is 20.1 Å². The van der Waals surface area contributed by atoms with E-state index in [1.54, 1.807) is 7.05 Å². The number of nitrogens with one attached hydrogen (secondary N) is 2. The minimum atomic E-state index is 0. The Morgan fingerprint density at radius 3 is 2.32 bits per heavy atom. The first-order chi connectivity index (χ1) is 11.8. The molecule has 0 aromatic heterocycles. The van der Waals surface area contributed by atoms with Gasteiger partial charge in [-0.25, -0.2) is 0 Å². The van der Waals surface area contributed by atoms with Crippen molar-refractivity contribution in [2.24, 2.45) is 4.99 Å². The minimum Gasteiger partial charge on any atom is -0.490 e. The number of hydrogen-bond donors (Lipinski definition) is 2. The first-order valence-corrected chi connectivity index (χ1v) is 8.22. The predicted octanol–water partition coefficient (Wildman–Crippen LogP) is 3.33. The molecule has 1 heterocycles. The highest BCUT2D eigenvalue weighted by molar-refractivity contribution is 14.0. The second-order valence-corrected chi connectivity index (χ2v) is 5.60. The average Bonchev–Trinajstić information content (AvgIpc) is 2.87. The lowest BCUT2D eigenvalue weighted by atomic mass is 10.2. The molecule has 0 amide bonds. The van der Waals surface area contributed by atoms with Crippen molar-refractivity contribution < 1.29 is 9.47 Å². The molecule has 0 aliphatic carbocycles. The molecular weight excluding hydrogens is 429 g/mol. The molecular formula is C19H24IN3O2. The third-order valence-electron chi connectivity index (χ3n) is 3.80. The molecule has 134 valence electrons. The van der Waals surface area contributed by atoms with E-state index in [9.17, 15) is 0 Å². The molecule has 0 radical (unpaired) electrons. The van der Waals surface area contributed by atoms with Gasteiger partial charge in [0, 0.05) is 26.6 Å². The molecule has 3 rings (SSSR count). The molecule has 0 unspecified atom stereocenters. The highest BCUT2D eigenvalue weighted by Gasteiger charge is 2.10. The van der Waals surface area contributed by atoms with Gasteiger partial charge in [-0.05, 0) is 23.3 Å². The summed E-state index contributed by atoms with van der Waals surface area (Å²) in [7, 11) is 1.77. The van der Waals surface area contributed by atoms with Gasteiger partial charge in [0.2, 0.25) is 0 Å². The number of fused-ring (bicyclic) bond motifs is 1. The van der Waals surface area contributed by atoms with E-state index in [4.69, 9.17) is 9.47 Å². The summed E-state index contributed by atoms with van der Waals surface area (Å²) in [5, 5.41) is 6.63. The summed E-state index contributed by atoms with van der Waals surface area (Å²) in [5.74, 6) is 2.41. The third kappa shape index (κ3) is 5.81. The first-order valence-electron chi connectivity index (χ1n) is 8.22. The van der Waals surface area contributed by atoms with Crippen molar-refractivity contribution in [2.45, 2.75) is 19.5 Å². The number of guanidine groups is 1. The molecule has 1 aliphatic heterocycles.